The maximum absolute atomic E-state index is 2.59. The first-order valence-corrected chi connectivity index (χ1v) is 27.6. The van der Waals surface area contributed by atoms with Gasteiger partial charge >= 0.3 is 0 Å². The number of hydrogen-bond donors (Lipinski definition) is 0. The monoisotopic (exact) mass is 994 g/mol. The van der Waals surface area contributed by atoms with Crippen LogP contribution in [0.4, 0.5) is 17.1 Å². The van der Waals surface area contributed by atoms with Crippen LogP contribution in [0.5, 0.6) is 0 Å². The SMILES string of the molecule is c1ccc(-n2c3ccccc3c3cc(N(c4ccc5c(c4)C(c4ccccc4)(c4ccccc4)c4ccccc4-5)c4cccc5c4-c4ccccc4C54c5ccccc5-c5cc6sc7ccccc7c6cc54)ccc32)cc1. The summed E-state index contributed by atoms with van der Waals surface area (Å²) in [6.45, 7) is 0. The van der Waals surface area contributed by atoms with Crippen LogP contribution in [0.2, 0.25) is 0 Å². The maximum atomic E-state index is 2.59. The van der Waals surface area contributed by atoms with Crippen LogP contribution in [0.25, 0.3) is 81.0 Å². The third kappa shape index (κ3) is 5.63. The van der Waals surface area contributed by atoms with Crippen molar-refractivity contribution in [1.29, 1.82) is 0 Å². The normalized spacial score (nSPS) is 15.2. The molecule has 14 aromatic rings. The Labute approximate surface area is 450 Å². The van der Waals surface area contributed by atoms with E-state index in [1.165, 1.54) is 120 Å². The van der Waals surface area contributed by atoms with E-state index in [0.717, 1.165) is 22.7 Å². The average molecular weight is 995 g/mol. The van der Waals surface area contributed by atoms with Crippen molar-refractivity contribution < 1.29 is 0 Å². The fourth-order valence-electron chi connectivity index (χ4n) is 14.5. The third-order valence-electron chi connectivity index (χ3n) is 17.5. The second-order valence-electron chi connectivity index (χ2n) is 21.0. The fourth-order valence-corrected chi connectivity index (χ4v) is 15.7. The molecule has 0 saturated carbocycles. The van der Waals surface area contributed by atoms with Crippen molar-refractivity contribution in [1.82, 2.24) is 4.57 Å². The molecule has 1 spiro atoms. The van der Waals surface area contributed by atoms with Gasteiger partial charge < -0.3 is 9.47 Å². The first-order valence-electron chi connectivity index (χ1n) is 26.7. The molecular weight excluding hydrogens is 949 g/mol. The lowest BCUT2D eigenvalue weighted by atomic mass is 9.67. The first-order chi connectivity index (χ1) is 38.2. The molecule has 2 heterocycles. The van der Waals surface area contributed by atoms with Crippen LogP contribution in [0.3, 0.4) is 0 Å². The van der Waals surface area contributed by atoms with Gasteiger partial charge in [0, 0.05) is 53.6 Å². The van der Waals surface area contributed by atoms with Gasteiger partial charge in [0.25, 0.3) is 0 Å². The second kappa shape index (κ2) is 16.0. The molecule has 2 nitrogen and oxygen atoms in total. The summed E-state index contributed by atoms with van der Waals surface area (Å²) in [7, 11) is 0. The number of para-hydroxylation sites is 2. The number of nitrogens with zero attached hydrogens (tertiary/aromatic N) is 2. The van der Waals surface area contributed by atoms with Crippen molar-refractivity contribution >= 4 is 70.4 Å². The molecule has 0 aliphatic heterocycles. The molecule has 0 saturated heterocycles. The Bertz CT molecular complexity index is 4720. The number of fused-ring (bicyclic) bond motifs is 19. The minimum absolute atomic E-state index is 0.556. The molecule has 0 radical (unpaired) electrons. The molecule has 77 heavy (non-hydrogen) atoms. The molecule has 0 N–H and O–H groups in total. The van der Waals surface area contributed by atoms with Crippen LogP contribution < -0.4 is 4.90 Å². The Hall–Kier alpha value is -9.54. The number of aromatic nitrogens is 1. The van der Waals surface area contributed by atoms with Gasteiger partial charge in [0.15, 0.2) is 0 Å². The Morgan fingerprint density at radius 2 is 0.831 bits per heavy atom. The lowest BCUT2D eigenvalue weighted by Crippen LogP contribution is -2.28. The minimum atomic E-state index is -0.576. The van der Waals surface area contributed by atoms with E-state index in [0.29, 0.717) is 0 Å². The molecule has 17 rings (SSSR count). The topological polar surface area (TPSA) is 8.17 Å². The second-order valence-corrected chi connectivity index (χ2v) is 22.1. The van der Waals surface area contributed by atoms with Crippen LogP contribution in [-0.2, 0) is 10.8 Å². The zero-order chi connectivity index (χ0) is 50.4. The van der Waals surface area contributed by atoms with E-state index < -0.39 is 10.8 Å². The molecule has 0 fully saturated rings. The van der Waals surface area contributed by atoms with Crippen molar-refractivity contribution in [3.63, 3.8) is 0 Å². The van der Waals surface area contributed by atoms with Gasteiger partial charge in [-0.05, 0) is 145 Å². The van der Waals surface area contributed by atoms with Crippen LogP contribution in [0, 0.1) is 0 Å². The Morgan fingerprint density at radius 3 is 1.58 bits per heavy atom. The summed E-state index contributed by atoms with van der Waals surface area (Å²) in [6, 6.07) is 105. The van der Waals surface area contributed by atoms with E-state index in [1.54, 1.807) is 0 Å². The standard InChI is InChI=1S/C74H46N2S/c1-4-21-47(22-5-1)73(48-23-6-2-7-24-48)61-32-15-10-27-52(61)54-41-39-51(44-65(54)73)75(50-40-42-68-59(43-50)55-29-13-18-36-67(55)76(68)49-25-8-3-9-26-49)69-37-20-35-64-72(69)57-31-12-17-34-63(57)74(64)62-33-16-11-28-53(62)58-46-71-60(45-66(58)74)56-30-14-19-38-70(56)77-71/h1-46H. The highest BCUT2D eigenvalue weighted by Crippen LogP contribution is 2.66. The van der Waals surface area contributed by atoms with Crippen LogP contribution in [0.15, 0.2) is 279 Å². The van der Waals surface area contributed by atoms with E-state index in [-0.39, 0.29) is 0 Å². The predicted octanol–water partition coefficient (Wildman–Crippen LogP) is 19.3. The quantitative estimate of drug-likeness (QED) is 0.161. The fraction of sp³-hybridized carbons (Fsp3) is 0.0270. The predicted molar refractivity (Wildman–Crippen MR) is 322 cm³/mol. The Kier molecular flexibility index (Phi) is 8.88. The van der Waals surface area contributed by atoms with Gasteiger partial charge in [-0.25, -0.2) is 0 Å². The molecule has 1 unspecified atom stereocenters. The summed E-state index contributed by atoms with van der Waals surface area (Å²) in [5, 5.41) is 5.07. The Morgan fingerprint density at radius 1 is 0.299 bits per heavy atom. The molecule has 12 aromatic carbocycles. The van der Waals surface area contributed by atoms with Gasteiger partial charge in [-0.15, -0.1) is 11.3 Å². The number of anilines is 3. The molecule has 0 bridgehead atoms. The number of rotatable bonds is 6. The van der Waals surface area contributed by atoms with Crippen LogP contribution in [-0.4, -0.2) is 4.57 Å². The molecule has 3 aliphatic carbocycles. The molecule has 358 valence electrons. The summed E-state index contributed by atoms with van der Waals surface area (Å²) in [5.74, 6) is 0. The molecule has 3 heteroatoms. The maximum Gasteiger partial charge on any atom is 0.0726 e. The molecule has 1 atom stereocenters. The van der Waals surface area contributed by atoms with E-state index in [4.69, 9.17) is 0 Å². The summed E-state index contributed by atoms with van der Waals surface area (Å²) >= 11 is 1.90. The molecule has 3 aliphatic rings. The third-order valence-corrected chi connectivity index (χ3v) is 18.6. The van der Waals surface area contributed by atoms with Gasteiger partial charge in [0.2, 0.25) is 0 Å². The summed E-state index contributed by atoms with van der Waals surface area (Å²) in [6.07, 6.45) is 0. The Balaban J connectivity index is 0.979. The van der Waals surface area contributed by atoms with Gasteiger partial charge in [0.05, 0.1) is 27.6 Å². The summed E-state index contributed by atoms with van der Waals surface area (Å²) in [4.78, 5) is 2.59. The number of benzene rings is 12. The summed E-state index contributed by atoms with van der Waals surface area (Å²) in [5.41, 5.74) is 23.8. The largest absolute Gasteiger partial charge is 0.310 e. The van der Waals surface area contributed by atoms with Crippen LogP contribution >= 0.6 is 11.3 Å². The number of thiophene rings is 1. The zero-order valence-electron chi connectivity index (χ0n) is 41.9. The molecule has 0 amide bonds. The highest BCUT2D eigenvalue weighted by atomic mass is 32.1. The highest BCUT2D eigenvalue weighted by molar-refractivity contribution is 7.25. The van der Waals surface area contributed by atoms with E-state index in [2.05, 4.69) is 289 Å². The minimum Gasteiger partial charge on any atom is -0.310 e. The molecule has 2 aromatic heterocycles. The van der Waals surface area contributed by atoms with Gasteiger partial charge in [0.1, 0.15) is 0 Å². The smallest absolute Gasteiger partial charge is 0.0726 e. The van der Waals surface area contributed by atoms with Crippen molar-refractivity contribution in [3.05, 3.63) is 324 Å². The van der Waals surface area contributed by atoms with E-state index in [9.17, 15) is 0 Å². The van der Waals surface area contributed by atoms with Gasteiger partial charge in [-0.2, -0.15) is 0 Å². The van der Waals surface area contributed by atoms with Crippen molar-refractivity contribution in [2.75, 3.05) is 4.90 Å². The average Bonchev–Trinajstić information content (AvgIpc) is 3.85. The zero-order valence-corrected chi connectivity index (χ0v) is 42.7. The first kappa shape index (κ1) is 42.8. The van der Waals surface area contributed by atoms with Gasteiger partial charge in [-0.1, -0.05) is 206 Å². The van der Waals surface area contributed by atoms with Crippen LogP contribution in [0.1, 0.15) is 44.5 Å². The van der Waals surface area contributed by atoms with E-state index in [1.807, 2.05) is 11.3 Å². The van der Waals surface area contributed by atoms with Crippen molar-refractivity contribution in [3.8, 4) is 39.1 Å². The summed E-state index contributed by atoms with van der Waals surface area (Å²) < 4.78 is 5.07. The molecular formula is C74H46N2S. The van der Waals surface area contributed by atoms with E-state index >= 15 is 0 Å². The van der Waals surface area contributed by atoms with Gasteiger partial charge in [-0.3, -0.25) is 0 Å². The van der Waals surface area contributed by atoms with Crippen molar-refractivity contribution in [2.45, 2.75) is 10.8 Å². The highest BCUT2D eigenvalue weighted by Gasteiger charge is 2.53. The lowest BCUT2D eigenvalue weighted by molar-refractivity contribution is 0.768. The number of hydrogen-bond acceptors (Lipinski definition) is 2. The lowest BCUT2D eigenvalue weighted by Gasteiger charge is -2.35. The van der Waals surface area contributed by atoms with Crippen molar-refractivity contribution in [2.24, 2.45) is 0 Å².